The van der Waals surface area contributed by atoms with Crippen molar-refractivity contribution in [1.29, 1.82) is 0 Å². The first-order valence-electron chi connectivity index (χ1n) is 4.68. The summed E-state index contributed by atoms with van der Waals surface area (Å²) in [6.45, 7) is 3.78. The van der Waals surface area contributed by atoms with Crippen LogP contribution in [0.5, 0.6) is 0 Å². The van der Waals surface area contributed by atoms with Crippen LogP contribution >= 0.6 is 0 Å². The molecule has 0 bridgehead atoms. The van der Waals surface area contributed by atoms with E-state index in [1.165, 1.54) is 6.08 Å². The topological polar surface area (TPSA) is 60.2 Å². The maximum absolute atomic E-state index is 11.6. The van der Waals surface area contributed by atoms with Crippen molar-refractivity contribution in [1.82, 2.24) is 0 Å². The quantitative estimate of drug-likeness (QED) is 0.513. The van der Waals surface area contributed by atoms with Crippen LogP contribution in [-0.2, 0) is 4.79 Å². The molecule has 76 valence electrons. The van der Waals surface area contributed by atoms with E-state index in [0.29, 0.717) is 11.3 Å². The number of aryl methyl sites for hydroxylation is 1. The first kappa shape index (κ1) is 9.65. The summed E-state index contributed by atoms with van der Waals surface area (Å²) < 4.78 is 0. The number of benzene rings is 1. The van der Waals surface area contributed by atoms with Crippen molar-refractivity contribution in [3.05, 3.63) is 34.4 Å². The third-order valence-electron chi connectivity index (χ3n) is 2.79. The van der Waals surface area contributed by atoms with Crippen LogP contribution in [0.25, 0.3) is 6.08 Å². The Morgan fingerprint density at radius 3 is 2.47 bits per heavy atom. The van der Waals surface area contributed by atoms with Crippen LogP contribution in [0, 0.1) is 13.8 Å². The highest BCUT2D eigenvalue weighted by atomic mass is 16.2. The van der Waals surface area contributed by atoms with Crippen LogP contribution < -0.4 is 5.73 Å². The number of carbonyl (C=O) groups is 2. The first-order valence-corrected chi connectivity index (χ1v) is 4.68. The van der Waals surface area contributed by atoms with Gasteiger partial charge in [-0.1, -0.05) is 12.1 Å². The number of hydrogen-bond donors (Lipinski definition) is 1. The van der Waals surface area contributed by atoms with Crippen molar-refractivity contribution in [3.8, 4) is 0 Å². The van der Waals surface area contributed by atoms with Crippen LogP contribution in [0.1, 0.15) is 27.0 Å². The van der Waals surface area contributed by atoms with E-state index in [4.69, 9.17) is 5.73 Å². The highest BCUT2D eigenvalue weighted by Crippen LogP contribution is 2.28. The maximum Gasteiger partial charge on any atom is 0.235 e. The lowest BCUT2D eigenvalue weighted by Gasteiger charge is -2.15. The number of hydrogen-bond acceptors (Lipinski definition) is 3. The Hall–Kier alpha value is -1.90. The van der Waals surface area contributed by atoms with Gasteiger partial charge in [0.25, 0.3) is 0 Å². The summed E-state index contributed by atoms with van der Waals surface area (Å²) in [5.41, 5.74) is 9.25. The summed E-state index contributed by atoms with van der Waals surface area (Å²) in [6.07, 6.45) is 2.93. The van der Waals surface area contributed by atoms with Gasteiger partial charge in [-0.05, 0) is 36.6 Å². The van der Waals surface area contributed by atoms with Crippen LogP contribution in [0.3, 0.4) is 0 Å². The Morgan fingerprint density at radius 1 is 1.13 bits per heavy atom. The van der Waals surface area contributed by atoms with Crippen molar-refractivity contribution in [2.24, 2.45) is 0 Å². The molecule has 0 spiro atoms. The lowest BCUT2D eigenvalue weighted by Crippen LogP contribution is -2.19. The third kappa shape index (κ3) is 1.28. The number of ketones is 2. The lowest BCUT2D eigenvalue weighted by molar-refractivity contribution is -0.110. The number of nitrogens with two attached hydrogens (primary N) is 1. The average Bonchev–Trinajstić information content (AvgIpc) is 2.20. The zero-order valence-electron chi connectivity index (χ0n) is 8.63. The summed E-state index contributed by atoms with van der Waals surface area (Å²) in [4.78, 5) is 22.8. The largest absolute Gasteiger partial charge is 0.398 e. The van der Waals surface area contributed by atoms with Gasteiger partial charge in [0.05, 0.1) is 5.56 Å². The fraction of sp³-hybridized carbons (Fsp3) is 0.167. The van der Waals surface area contributed by atoms with Gasteiger partial charge in [0.1, 0.15) is 0 Å². The molecule has 0 saturated heterocycles. The molecule has 0 unspecified atom stereocenters. The van der Waals surface area contributed by atoms with Crippen molar-refractivity contribution in [2.75, 3.05) is 5.73 Å². The highest BCUT2D eigenvalue weighted by molar-refractivity contribution is 6.51. The number of fused-ring (bicyclic) bond motifs is 1. The molecular weight excluding hydrogens is 190 g/mol. The summed E-state index contributed by atoms with van der Waals surface area (Å²) >= 11 is 0. The average molecular weight is 201 g/mol. The molecule has 2 N–H and O–H groups in total. The zero-order valence-corrected chi connectivity index (χ0v) is 8.63. The molecule has 0 amide bonds. The molecule has 1 aliphatic carbocycles. The number of anilines is 1. The molecule has 3 nitrogen and oxygen atoms in total. The highest BCUT2D eigenvalue weighted by Gasteiger charge is 2.24. The standard InChI is InChI=1S/C12H11NO2/c1-6-5-8-3-4-9(14)12(15)10(8)11(13)7(6)2/h3-5H,13H2,1-2H3. The Bertz CT molecular complexity index is 513. The molecular formula is C12H11NO2. The molecule has 0 saturated carbocycles. The van der Waals surface area contributed by atoms with Gasteiger partial charge >= 0.3 is 0 Å². The van der Waals surface area contributed by atoms with Crippen LogP contribution in [0.4, 0.5) is 5.69 Å². The van der Waals surface area contributed by atoms with Gasteiger partial charge < -0.3 is 5.73 Å². The fourth-order valence-corrected chi connectivity index (χ4v) is 1.72. The normalized spacial score (nSPS) is 14.3. The minimum atomic E-state index is -0.506. The molecule has 1 aliphatic rings. The van der Waals surface area contributed by atoms with E-state index >= 15 is 0 Å². The summed E-state index contributed by atoms with van der Waals surface area (Å²) in [5, 5.41) is 0. The molecule has 0 aliphatic heterocycles. The molecule has 0 fully saturated rings. The van der Waals surface area contributed by atoms with Crippen LogP contribution in [0.2, 0.25) is 0 Å². The fourth-order valence-electron chi connectivity index (χ4n) is 1.72. The van der Waals surface area contributed by atoms with Crippen LogP contribution in [-0.4, -0.2) is 11.6 Å². The Balaban J connectivity index is 2.81. The Labute approximate surface area is 87.6 Å². The van der Waals surface area contributed by atoms with Crippen molar-refractivity contribution in [2.45, 2.75) is 13.8 Å². The molecule has 0 aromatic heterocycles. The molecule has 1 aromatic rings. The van der Waals surface area contributed by atoms with E-state index in [-0.39, 0.29) is 0 Å². The number of Topliss-reactive ketones (excluding diaryl/α,β-unsaturated/α-hetero) is 1. The van der Waals surface area contributed by atoms with Gasteiger partial charge in [0, 0.05) is 5.69 Å². The minimum absolute atomic E-state index is 0.352. The maximum atomic E-state index is 11.6. The van der Waals surface area contributed by atoms with Gasteiger partial charge in [0.15, 0.2) is 0 Å². The lowest BCUT2D eigenvalue weighted by atomic mass is 9.89. The summed E-state index contributed by atoms with van der Waals surface area (Å²) in [6, 6.07) is 1.88. The SMILES string of the molecule is Cc1cc2c(c(N)c1C)C(=O)C(=O)C=C2. The number of nitrogen functional groups attached to an aromatic ring is 1. The van der Waals surface area contributed by atoms with Crippen molar-refractivity contribution < 1.29 is 9.59 Å². The van der Waals surface area contributed by atoms with Crippen LogP contribution in [0.15, 0.2) is 12.1 Å². The van der Waals surface area contributed by atoms with E-state index < -0.39 is 11.6 Å². The summed E-state index contributed by atoms with van der Waals surface area (Å²) in [5.74, 6) is -1.01. The Morgan fingerprint density at radius 2 is 1.80 bits per heavy atom. The van der Waals surface area contributed by atoms with Gasteiger partial charge in [0.2, 0.25) is 11.6 Å². The van der Waals surface area contributed by atoms with Gasteiger partial charge in [-0.25, -0.2) is 0 Å². The van der Waals surface area contributed by atoms with Gasteiger partial charge in [-0.2, -0.15) is 0 Å². The van der Waals surface area contributed by atoms with Gasteiger partial charge in [-0.3, -0.25) is 9.59 Å². The molecule has 0 atom stereocenters. The van der Waals surface area contributed by atoms with E-state index in [2.05, 4.69) is 0 Å². The van der Waals surface area contributed by atoms with E-state index in [9.17, 15) is 9.59 Å². The third-order valence-corrected chi connectivity index (χ3v) is 2.79. The zero-order chi connectivity index (χ0) is 11.2. The molecule has 3 heteroatoms. The molecule has 15 heavy (non-hydrogen) atoms. The second kappa shape index (κ2) is 3.05. The predicted molar refractivity (Wildman–Crippen MR) is 58.7 cm³/mol. The molecule has 0 radical (unpaired) electrons. The van der Waals surface area contributed by atoms with Crippen molar-refractivity contribution >= 4 is 23.3 Å². The molecule has 2 rings (SSSR count). The second-order valence-corrected chi connectivity index (χ2v) is 3.72. The van der Waals surface area contributed by atoms with E-state index in [0.717, 1.165) is 16.7 Å². The number of rotatable bonds is 0. The second-order valence-electron chi connectivity index (χ2n) is 3.72. The monoisotopic (exact) mass is 201 g/mol. The minimum Gasteiger partial charge on any atom is -0.398 e. The van der Waals surface area contributed by atoms with Crippen molar-refractivity contribution in [3.63, 3.8) is 0 Å². The summed E-state index contributed by atoms with van der Waals surface area (Å²) in [7, 11) is 0. The predicted octanol–water partition coefficient (Wildman–Crippen LogP) is 1.66. The molecule has 0 heterocycles. The first-order chi connectivity index (χ1) is 7.02. The van der Waals surface area contributed by atoms with E-state index in [1.807, 2.05) is 19.9 Å². The number of carbonyl (C=O) groups excluding carboxylic acids is 2. The Kier molecular flexibility index (Phi) is 1.96. The molecule has 1 aromatic carbocycles. The van der Waals surface area contributed by atoms with Gasteiger partial charge in [-0.15, -0.1) is 0 Å². The van der Waals surface area contributed by atoms with E-state index in [1.54, 1.807) is 6.08 Å². The number of allylic oxidation sites excluding steroid dienone is 1. The smallest absolute Gasteiger partial charge is 0.235 e.